The standard InChI is InChI=1S/C18H18N6O5/c1-12(29-13-2-3-14-15(8-13)28-11-27-14)18(26)20-6-7-23-17(25)5-4-16(22-23)24-10-19-9-21-24/h2-5,8-10,12H,6-7,11H2,1H3,(H,20,26). The molecule has 11 nitrogen and oxygen atoms in total. The summed E-state index contributed by atoms with van der Waals surface area (Å²) >= 11 is 0. The molecule has 3 heterocycles. The van der Waals surface area contributed by atoms with Crippen LogP contribution >= 0.6 is 0 Å². The lowest BCUT2D eigenvalue weighted by atomic mass is 10.3. The zero-order valence-corrected chi connectivity index (χ0v) is 15.5. The maximum absolute atomic E-state index is 12.3. The van der Waals surface area contributed by atoms with Crippen LogP contribution in [0.25, 0.3) is 5.82 Å². The van der Waals surface area contributed by atoms with Crippen LogP contribution in [-0.2, 0) is 11.3 Å². The van der Waals surface area contributed by atoms with Gasteiger partial charge in [0.25, 0.3) is 11.5 Å². The molecule has 1 aromatic carbocycles. The predicted molar refractivity (Wildman–Crippen MR) is 99.1 cm³/mol. The van der Waals surface area contributed by atoms with Crippen molar-refractivity contribution < 1.29 is 19.0 Å². The summed E-state index contributed by atoms with van der Waals surface area (Å²) in [6, 6.07) is 8.04. The van der Waals surface area contributed by atoms with Gasteiger partial charge in [-0.05, 0) is 25.1 Å². The summed E-state index contributed by atoms with van der Waals surface area (Å²) in [4.78, 5) is 28.1. The molecule has 0 bridgehead atoms. The van der Waals surface area contributed by atoms with Gasteiger partial charge >= 0.3 is 0 Å². The first-order valence-corrected chi connectivity index (χ1v) is 8.87. The fourth-order valence-electron chi connectivity index (χ4n) is 2.68. The smallest absolute Gasteiger partial charge is 0.266 e. The third kappa shape index (κ3) is 4.18. The molecule has 1 amide bonds. The summed E-state index contributed by atoms with van der Waals surface area (Å²) in [7, 11) is 0. The zero-order valence-electron chi connectivity index (χ0n) is 15.5. The molecule has 150 valence electrons. The van der Waals surface area contributed by atoms with Crippen LogP contribution in [0.1, 0.15) is 6.92 Å². The molecule has 0 aliphatic carbocycles. The number of rotatable bonds is 7. The van der Waals surface area contributed by atoms with Gasteiger partial charge in [-0.1, -0.05) is 0 Å². The molecule has 0 saturated carbocycles. The van der Waals surface area contributed by atoms with Gasteiger partial charge in [0, 0.05) is 18.7 Å². The van der Waals surface area contributed by atoms with Crippen LogP contribution in [0.3, 0.4) is 0 Å². The average Bonchev–Trinajstić information content (AvgIpc) is 3.40. The van der Waals surface area contributed by atoms with Crippen molar-refractivity contribution in [3.63, 3.8) is 0 Å². The monoisotopic (exact) mass is 398 g/mol. The fraction of sp³-hybridized carbons (Fsp3) is 0.278. The molecule has 0 fully saturated rings. The van der Waals surface area contributed by atoms with E-state index >= 15 is 0 Å². The van der Waals surface area contributed by atoms with Crippen LogP contribution in [0.2, 0.25) is 0 Å². The Morgan fingerprint density at radius 2 is 2.14 bits per heavy atom. The maximum Gasteiger partial charge on any atom is 0.266 e. The largest absolute Gasteiger partial charge is 0.481 e. The molecule has 11 heteroatoms. The van der Waals surface area contributed by atoms with E-state index in [-0.39, 0.29) is 31.3 Å². The zero-order chi connectivity index (χ0) is 20.2. The molecule has 1 unspecified atom stereocenters. The molecule has 2 aromatic heterocycles. The molecule has 1 N–H and O–H groups in total. The topological polar surface area (TPSA) is 122 Å². The lowest BCUT2D eigenvalue weighted by Gasteiger charge is -2.15. The summed E-state index contributed by atoms with van der Waals surface area (Å²) in [6.07, 6.45) is 2.12. The highest BCUT2D eigenvalue weighted by Gasteiger charge is 2.18. The lowest BCUT2D eigenvalue weighted by molar-refractivity contribution is -0.127. The third-order valence-corrected chi connectivity index (χ3v) is 4.15. The van der Waals surface area contributed by atoms with E-state index in [1.807, 2.05) is 0 Å². The number of benzene rings is 1. The van der Waals surface area contributed by atoms with Crippen LogP contribution < -0.4 is 25.1 Å². The molecule has 1 atom stereocenters. The fourth-order valence-corrected chi connectivity index (χ4v) is 2.68. The Labute approximate surface area is 164 Å². The Morgan fingerprint density at radius 3 is 2.97 bits per heavy atom. The van der Waals surface area contributed by atoms with Crippen molar-refractivity contribution in [2.24, 2.45) is 0 Å². The van der Waals surface area contributed by atoms with E-state index in [1.54, 1.807) is 31.2 Å². The number of amides is 1. The minimum atomic E-state index is -0.735. The van der Waals surface area contributed by atoms with Crippen molar-refractivity contribution in [1.29, 1.82) is 0 Å². The Hall–Kier alpha value is -3.89. The van der Waals surface area contributed by atoms with Gasteiger partial charge in [0.05, 0.1) is 6.54 Å². The molecule has 3 aromatic rings. The number of carbonyl (C=O) groups excluding carboxylic acids is 1. The number of hydrogen-bond donors (Lipinski definition) is 1. The Kier molecular flexibility index (Phi) is 5.10. The predicted octanol–water partition coefficient (Wildman–Crippen LogP) is 0.136. The summed E-state index contributed by atoms with van der Waals surface area (Å²) in [5.74, 6) is 1.85. The van der Waals surface area contributed by atoms with Crippen molar-refractivity contribution in [2.45, 2.75) is 19.6 Å². The Morgan fingerprint density at radius 1 is 1.28 bits per heavy atom. The molecule has 0 saturated heterocycles. The number of nitrogens with zero attached hydrogens (tertiary/aromatic N) is 5. The van der Waals surface area contributed by atoms with Gasteiger partial charge in [0.1, 0.15) is 18.4 Å². The third-order valence-electron chi connectivity index (χ3n) is 4.15. The van der Waals surface area contributed by atoms with Crippen molar-refractivity contribution in [2.75, 3.05) is 13.3 Å². The van der Waals surface area contributed by atoms with Gasteiger partial charge in [-0.2, -0.15) is 5.10 Å². The van der Waals surface area contributed by atoms with Gasteiger partial charge in [-0.15, -0.1) is 5.10 Å². The number of aromatic nitrogens is 5. The molecule has 0 spiro atoms. The summed E-state index contributed by atoms with van der Waals surface area (Å²) < 4.78 is 18.9. The van der Waals surface area contributed by atoms with E-state index < -0.39 is 6.10 Å². The van der Waals surface area contributed by atoms with E-state index in [9.17, 15) is 9.59 Å². The maximum atomic E-state index is 12.3. The summed E-state index contributed by atoms with van der Waals surface area (Å²) in [5, 5.41) is 10.9. The van der Waals surface area contributed by atoms with Crippen molar-refractivity contribution in [3.05, 3.63) is 53.3 Å². The Balaban J connectivity index is 1.32. The summed E-state index contributed by atoms with van der Waals surface area (Å²) in [5.41, 5.74) is -0.284. The highest BCUT2D eigenvalue weighted by atomic mass is 16.7. The van der Waals surface area contributed by atoms with Crippen LogP contribution in [0.4, 0.5) is 0 Å². The van der Waals surface area contributed by atoms with E-state index in [2.05, 4.69) is 20.5 Å². The minimum Gasteiger partial charge on any atom is -0.481 e. The molecular weight excluding hydrogens is 380 g/mol. The van der Waals surface area contributed by atoms with Crippen LogP contribution in [-0.4, -0.2) is 49.9 Å². The van der Waals surface area contributed by atoms with Crippen molar-refractivity contribution in [3.8, 4) is 23.1 Å². The van der Waals surface area contributed by atoms with Crippen LogP contribution in [0, 0.1) is 0 Å². The molecule has 1 aliphatic rings. The molecule has 29 heavy (non-hydrogen) atoms. The first kappa shape index (κ1) is 18.5. The second-order valence-electron chi connectivity index (χ2n) is 6.16. The molecule has 4 rings (SSSR count). The Bertz CT molecular complexity index is 1060. The number of fused-ring (bicyclic) bond motifs is 1. The second-order valence-corrected chi connectivity index (χ2v) is 6.16. The van der Waals surface area contributed by atoms with E-state index in [4.69, 9.17) is 14.2 Å². The number of ether oxygens (including phenoxy) is 3. The van der Waals surface area contributed by atoms with Gasteiger partial charge in [0.2, 0.25) is 6.79 Å². The normalized spacial score (nSPS) is 13.1. The van der Waals surface area contributed by atoms with Gasteiger partial charge in [-0.25, -0.2) is 14.3 Å². The highest BCUT2D eigenvalue weighted by molar-refractivity contribution is 5.80. The SMILES string of the molecule is CC(Oc1ccc2c(c1)OCO2)C(=O)NCCn1nc(-n2cncn2)ccc1=O. The average molecular weight is 398 g/mol. The van der Waals surface area contributed by atoms with E-state index in [0.717, 1.165) is 0 Å². The lowest BCUT2D eigenvalue weighted by Crippen LogP contribution is -2.39. The molecular formula is C18H18N6O5. The van der Waals surface area contributed by atoms with Gasteiger partial charge < -0.3 is 19.5 Å². The second kappa shape index (κ2) is 8.00. The van der Waals surface area contributed by atoms with Crippen LogP contribution in [0.15, 0.2) is 47.8 Å². The van der Waals surface area contributed by atoms with E-state index in [0.29, 0.717) is 23.1 Å². The van der Waals surface area contributed by atoms with E-state index in [1.165, 1.54) is 28.1 Å². The molecule has 1 aliphatic heterocycles. The number of carbonyl (C=O) groups is 1. The van der Waals surface area contributed by atoms with Crippen LogP contribution in [0.5, 0.6) is 17.2 Å². The van der Waals surface area contributed by atoms with Gasteiger partial charge in [0.15, 0.2) is 23.4 Å². The first-order valence-electron chi connectivity index (χ1n) is 8.87. The number of hydrogen-bond acceptors (Lipinski definition) is 8. The van der Waals surface area contributed by atoms with Gasteiger partial charge in [-0.3, -0.25) is 9.59 Å². The number of nitrogens with one attached hydrogen (secondary N) is 1. The van der Waals surface area contributed by atoms with Crippen molar-refractivity contribution >= 4 is 5.91 Å². The first-order chi connectivity index (χ1) is 14.1. The minimum absolute atomic E-state index is 0.167. The van der Waals surface area contributed by atoms with Crippen molar-refractivity contribution in [1.82, 2.24) is 29.9 Å². The quantitative estimate of drug-likeness (QED) is 0.596. The highest BCUT2D eigenvalue weighted by Crippen LogP contribution is 2.35. The summed E-state index contributed by atoms with van der Waals surface area (Å²) in [6.45, 7) is 2.21. The molecule has 0 radical (unpaired) electrons.